The third-order valence-electron chi connectivity index (χ3n) is 5.19. The first-order valence-corrected chi connectivity index (χ1v) is 10.0. The van der Waals surface area contributed by atoms with Gasteiger partial charge in [-0.15, -0.1) is 0 Å². The first-order valence-electron chi connectivity index (χ1n) is 9.65. The van der Waals surface area contributed by atoms with E-state index in [4.69, 9.17) is 17.3 Å². The van der Waals surface area contributed by atoms with E-state index in [0.717, 1.165) is 0 Å². The van der Waals surface area contributed by atoms with Gasteiger partial charge in [-0.05, 0) is 55.3 Å². The second-order valence-electron chi connectivity index (χ2n) is 7.18. The van der Waals surface area contributed by atoms with Gasteiger partial charge in [0.15, 0.2) is 5.78 Å². The SMILES string of the molecule is NC(=O)c1ccccc1NC(=O)c1cc2c(n(-c3ccc(Cl)cc3)c1=O)CCCC2=O. The summed E-state index contributed by atoms with van der Waals surface area (Å²) < 4.78 is 1.39. The van der Waals surface area contributed by atoms with Crippen LogP contribution in [0.3, 0.4) is 0 Å². The first-order chi connectivity index (χ1) is 14.9. The van der Waals surface area contributed by atoms with Crippen molar-refractivity contribution in [2.24, 2.45) is 5.73 Å². The lowest BCUT2D eigenvalue weighted by molar-refractivity contribution is 0.0968. The van der Waals surface area contributed by atoms with Crippen LogP contribution in [0.4, 0.5) is 5.69 Å². The molecule has 156 valence electrons. The molecule has 4 rings (SSSR count). The van der Waals surface area contributed by atoms with E-state index in [1.165, 1.54) is 22.8 Å². The summed E-state index contributed by atoms with van der Waals surface area (Å²) in [6, 6.07) is 14.2. The highest BCUT2D eigenvalue weighted by Gasteiger charge is 2.26. The van der Waals surface area contributed by atoms with Crippen molar-refractivity contribution in [3.63, 3.8) is 0 Å². The van der Waals surface area contributed by atoms with Crippen LogP contribution in [-0.4, -0.2) is 22.2 Å². The Morgan fingerprint density at radius 1 is 0.968 bits per heavy atom. The molecule has 0 fully saturated rings. The lowest BCUT2D eigenvalue weighted by Crippen LogP contribution is -2.33. The maximum atomic E-state index is 13.3. The van der Waals surface area contributed by atoms with E-state index >= 15 is 0 Å². The van der Waals surface area contributed by atoms with Crippen LogP contribution in [0.1, 0.15) is 49.6 Å². The van der Waals surface area contributed by atoms with Gasteiger partial charge in [0.25, 0.3) is 17.4 Å². The van der Waals surface area contributed by atoms with Crippen molar-refractivity contribution in [1.82, 2.24) is 4.57 Å². The van der Waals surface area contributed by atoms with Crippen molar-refractivity contribution < 1.29 is 14.4 Å². The molecule has 3 aromatic rings. The monoisotopic (exact) mass is 435 g/mol. The molecule has 0 saturated carbocycles. The molecule has 0 saturated heterocycles. The van der Waals surface area contributed by atoms with Gasteiger partial charge >= 0.3 is 0 Å². The number of hydrogen-bond donors (Lipinski definition) is 2. The number of nitrogens with one attached hydrogen (secondary N) is 1. The molecule has 1 aliphatic carbocycles. The van der Waals surface area contributed by atoms with Crippen molar-refractivity contribution in [1.29, 1.82) is 0 Å². The van der Waals surface area contributed by atoms with Gasteiger partial charge in [0.2, 0.25) is 0 Å². The summed E-state index contributed by atoms with van der Waals surface area (Å²) in [5, 5.41) is 3.07. The van der Waals surface area contributed by atoms with E-state index in [1.54, 1.807) is 36.4 Å². The first kappa shape index (κ1) is 20.6. The second kappa shape index (κ2) is 8.20. The van der Waals surface area contributed by atoms with Crippen LogP contribution in [0, 0.1) is 0 Å². The number of pyridine rings is 1. The van der Waals surface area contributed by atoms with E-state index in [0.29, 0.717) is 41.2 Å². The quantitative estimate of drug-likeness (QED) is 0.654. The number of aromatic nitrogens is 1. The number of fused-ring (bicyclic) bond motifs is 1. The average molecular weight is 436 g/mol. The van der Waals surface area contributed by atoms with Crippen molar-refractivity contribution in [2.45, 2.75) is 19.3 Å². The second-order valence-corrected chi connectivity index (χ2v) is 7.61. The topological polar surface area (TPSA) is 111 Å². The van der Waals surface area contributed by atoms with Gasteiger partial charge in [-0.25, -0.2) is 0 Å². The Morgan fingerprint density at radius 2 is 1.68 bits per heavy atom. The Labute approximate surface area is 182 Å². The molecule has 0 aliphatic heterocycles. The predicted octanol–water partition coefficient (Wildman–Crippen LogP) is 3.36. The van der Waals surface area contributed by atoms with Crippen molar-refractivity contribution >= 4 is 34.9 Å². The number of benzene rings is 2. The predicted molar refractivity (Wildman–Crippen MR) is 117 cm³/mol. The molecule has 0 radical (unpaired) electrons. The minimum absolute atomic E-state index is 0.114. The van der Waals surface area contributed by atoms with Crippen LogP contribution in [0.25, 0.3) is 5.69 Å². The van der Waals surface area contributed by atoms with Crippen LogP contribution in [0.2, 0.25) is 5.02 Å². The number of carbonyl (C=O) groups is 3. The highest BCUT2D eigenvalue weighted by atomic mass is 35.5. The zero-order valence-electron chi connectivity index (χ0n) is 16.4. The summed E-state index contributed by atoms with van der Waals surface area (Å²) in [4.78, 5) is 50.6. The van der Waals surface area contributed by atoms with Crippen molar-refractivity contribution in [3.05, 3.63) is 92.4 Å². The third kappa shape index (κ3) is 3.87. The van der Waals surface area contributed by atoms with Gasteiger partial charge in [0, 0.05) is 28.4 Å². The summed E-state index contributed by atoms with van der Waals surface area (Å²) in [6.07, 6.45) is 1.50. The van der Waals surface area contributed by atoms with Crippen LogP contribution >= 0.6 is 11.6 Å². The van der Waals surface area contributed by atoms with Crippen LogP contribution < -0.4 is 16.6 Å². The van der Waals surface area contributed by atoms with Crippen LogP contribution in [-0.2, 0) is 6.42 Å². The molecule has 7 nitrogen and oxygen atoms in total. The van der Waals surface area contributed by atoms with Gasteiger partial charge in [0.1, 0.15) is 5.56 Å². The van der Waals surface area contributed by atoms with E-state index < -0.39 is 17.4 Å². The number of carbonyl (C=O) groups excluding carboxylic acids is 3. The molecule has 2 amide bonds. The fraction of sp³-hybridized carbons (Fsp3) is 0.130. The molecule has 1 aromatic heterocycles. The number of halogens is 1. The van der Waals surface area contributed by atoms with E-state index in [-0.39, 0.29) is 22.6 Å². The molecule has 8 heteroatoms. The summed E-state index contributed by atoms with van der Waals surface area (Å²) in [7, 11) is 0. The highest BCUT2D eigenvalue weighted by molar-refractivity contribution is 6.30. The molecule has 1 aliphatic rings. The molecule has 2 aromatic carbocycles. The molecule has 31 heavy (non-hydrogen) atoms. The largest absolute Gasteiger partial charge is 0.366 e. The smallest absolute Gasteiger partial charge is 0.268 e. The fourth-order valence-electron chi connectivity index (χ4n) is 3.71. The van der Waals surface area contributed by atoms with Crippen LogP contribution in [0.5, 0.6) is 0 Å². The van der Waals surface area contributed by atoms with Crippen molar-refractivity contribution in [2.75, 3.05) is 5.32 Å². The summed E-state index contributed by atoms with van der Waals surface area (Å²) >= 11 is 5.97. The number of amides is 2. The zero-order valence-corrected chi connectivity index (χ0v) is 17.1. The number of rotatable bonds is 4. The highest BCUT2D eigenvalue weighted by Crippen LogP contribution is 2.25. The Bertz CT molecular complexity index is 1280. The van der Waals surface area contributed by atoms with Crippen molar-refractivity contribution in [3.8, 4) is 5.69 Å². The molecule has 1 heterocycles. The standard InChI is InChI=1S/C23H18ClN3O4/c24-13-8-10-14(11-9-13)27-19-6-3-7-20(28)16(19)12-17(23(27)31)22(30)26-18-5-2-1-4-15(18)21(25)29/h1-2,4-5,8-12H,3,6-7H2,(H2,25,29)(H,26,30). The van der Waals surface area contributed by atoms with Gasteiger partial charge in [0.05, 0.1) is 11.3 Å². The Kier molecular flexibility index (Phi) is 5.44. The number of Topliss-reactive ketones (excluding diaryl/α,β-unsaturated/α-hetero) is 1. The van der Waals surface area contributed by atoms with E-state index in [2.05, 4.69) is 5.32 Å². The molecular weight excluding hydrogens is 418 g/mol. The van der Waals surface area contributed by atoms with Gasteiger partial charge in [-0.3, -0.25) is 23.7 Å². The number of nitrogens with zero attached hydrogens (tertiary/aromatic N) is 1. The van der Waals surface area contributed by atoms with Gasteiger partial charge in [-0.2, -0.15) is 0 Å². The molecule has 0 spiro atoms. The maximum Gasteiger partial charge on any atom is 0.268 e. The summed E-state index contributed by atoms with van der Waals surface area (Å²) in [5.74, 6) is -1.58. The Morgan fingerprint density at radius 3 is 2.39 bits per heavy atom. The summed E-state index contributed by atoms with van der Waals surface area (Å²) in [5.41, 5.74) is 6.31. The molecule has 0 bridgehead atoms. The molecule has 0 atom stereocenters. The lowest BCUT2D eigenvalue weighted by Gasteiger charge is -2.22. The molecule has 0 unspecified atom stereocenters. The minimum atomic E-state index is -0.734. The van der Waals surface area contributed by atoms with Gasteiger partial charge < -0.3 is 11.1 Å². The average Bonchev–Trinajstić information content (AvgIpc) is 2.75. The zero-order chi connectivity index (χ0) is 22.1. The lowest BCUT2D eigenvalue weighted by atomic mass is 9.92. The number of para-hydroxylation sites is 1. The number of ketones is 1. The Balaban J connectivity index is 1.86. The van der Waals surface area contributed by atoms with Gasteiger partial charge in [-0.1, -0.05) is 23.7 Å². The third-order valence-corrected chi connectivity index (χ3v) is 5.44. The molecule has 3 N–H and O–H groups in total. The van der Waals surface area contributed by atoms with E-state index in [1.807, 2.05) is 0 Å². The Hall–Kier alpha value is -3.71. The minimum Gasteiger partial charge on any atom is -0.366 e. The maximum absolute atomic E-state index is 13.3. The number of hydrogen-bond acceptors (Lipinski definition) is 4. The number of primary amides is 1. The number of nitrogens with two attached hydrogens (primary N) is 1. The normalized spacial score (nSPS) is 12.9. The number of anilines is 1. The molecular formula is C23H18ClN3O4. The van der Waals surface area contributed by atoms with Crippen LogP contribution in [0.15, 0.2) is 59.4 Å². The fourth-order valence-corrected chi connectivity index (χ4v) is 3.84. The van der Waals surface area contributed by atoms with E-state index in [9.17, 15) is 19.2 Å². The summed E-state index contributed by atoms with van der Waals surface area (Å²) in [6.45, 7) is 0.